The second-order valence-corrected chi connectivity index (χ2v) is 4.65. The smallest absolute Gasteiger partial charge is 0.211 e. The van der Waals surface area contributed by atoms with Gasteiger partial charge in [-0.3, -0.25) is 0 Å². The number of isocyanates is 2. The molecule has 0 saturated heterocycles. The third kappa shape index (κ3) is 5.58. The van der Waals surface area contributed by atoms with E-state index in [1.165, 1.54) is 31.8 Å². The monoisotopic (exact) mass is 236 g/mol. The normalized spacial score (nSPS) is 18.6. The molecule has 1 aliphatic rings. The topological polar surface area (TPSA) is 58.9 Å². The van der Waals surface area contributed by atoms with Crippen molar-refractivity contribution in [1.29, 1.82) is 0 Å². The van der Waals surface area contributed by atoms with Crippen LogP contribution in [0.15, 0.2) is 9.98 Å². The molecule has 0 amide bonds. The quantitative estimate of drug-likeness (QED) is 0.308. The summed E-state index contributed by atoms with van der Waals surface area (Å²) in [7, 11) is 0. The Morgan fingerprint density at radius 2 is 1.76 bits per heavy atom. The van der Waals surface area contributed by atoms with E-state index in [1.807, 2.05) is 0 Å². The standard InChI is InChI=1S/C13H20N2O2/c16-10-14-9-5-8-13(15-11-17)12-6-3-1-2-4-7-12/h12-13H,1-9H2. The lowest BCUT2D eigenvalue weighted by Crippen LogP contribution is -2.18. The van der Waals surface area contributed by atoms with Crippen molar-refractivity contribution in [3.8, 4) is 0 Å². The van der Waals surface area contributed by atoms with Gasteiger partial charge in [0.15, 0.2) is 0 Å². The minimum Gasteiger partial charge on any atom is -0.211 e. The third-order valence-corrected chi connectivity index (χ3v) is 3.50. The van der Waals surface area contributed by atoms with E-state index in [9.17, 15) is 9.59 Å². The van der Waals surface area contributed by atoms with Crippen molar-refractivity contribution in [3.05, 3.63) is 0 Å². The van der Waals surface area contributed by atoms with E-state index in [-0.39, 0.29) is 6.04 Å². The van der Waals surface area contributed by atoms with Crippen LogP contribution in [-0.4, -0.2) is 24.7 Å². The van der Waals surface area contributed by atoms with Crippen LogP contribution >= 0.6 is 0 Å². The number of nitrogens with zero attached hydrogens (tertiary/aromatic N) is 2. The van der Waals surface area contributed by atoms with E-state index in [0.717, 1.165) is 25.7 Å². The summed E-state index contributed by atoms with van der Waals surface area (Å²) in [6.07, 6.45) is 12.2. The maximum atomic E-state index is 10.5. The molecule has 0 heterocycles. The van der Waals surface area contributed by atoms with Crippen molar-refractivity contribution in [1.82, 2.24) is 0 Å². The summed E-state index contributed by atoms with van der Waals surface area (Å²) in [4.78, 5) is 27.9. The number of rotatable bonds is 6. The lowest BCUT2D eigenvalue weighted by atomic mass is 9.89. The maximum Gasteiger partial charge on any atom is 0.235 e. The Balaban J connectivity index is 2.44. The van der Waals surface area contributed by atoms with Crippen LogP contribution in [0.5, 0.6) is 0 Å². The van der Waals surface area contributed by atoms with Crippen molar-refractivity contribution in [2.24, 2.45) is 15.9 Å². The summed E-state index contributed by atoms with van der Waals surface area (Å²) in [5.74, 6) is 0.513. The Bertz CT molecular complexity index is 297. The van der Waals surface area contributed by atoms with Crippen LogP contribution in [0.25, 0.3) is 0 Å². The van der Waals surface area contributed by atoms with Gasteiger partial charge in [-0.05, 0) is 31.6 Å². The molecule has 94 valence electrons. The number of hydrogen-bond donors (Lipinski definition) is 0. The molecule has 17 heavy (non-hydrogen) atoms. The molecule has 4 nitrogen and oxygen atoms in total. The average molecular weight is 236 g/mol. The molecular formula is C13H20N2O2. The Hall–Kier alpha value is -1.24. The summed E-state index contributed by atoms with van der Waals surface area (Å²) in [6, 6.07) is 0.0763. The molecule has 0 bridgehead atoms. The highest BCUT2D eigenvalue weighted by atomic mass is 16.1. The highest BCUT2D eigenvalue weighted by Gasteiger charge is 2.21. The first-order valence-electron chi connectivity index (χ1n) is 6.49. The molecule has 1 saturated carbocycles. The molecule has 1 aliphatic carbocycles. The molecule has 0 N–H and O–H groups in total. The van der Waals surface area contributed by atoms with Crippen molar-refractivity contribution < 1.29 is 9.59 Å². The van der Waals surface area contributed by atoms with Gasteiger partial charge >= 0.3 is 0 Å². The molecule has 4 heteroatoms. The minimum absolute atomic E-state index is 0.0763. The number of aliphatic imine (C=N–C) groups is 2. The zero-order valence-corrected chi connectivity index (χ0v) is 10.2. The largest absolute Gasteiger partial charge is 0.235 e. The first-order valence-corrected chi connectivity index (χ1v) is 6.49. The van der Waals surface area contributed by atoms with Gasteiger partial charge in [-0.15, -0.1) is 0 Å². The lowest BCUT2D eigenvalue weighted by molar-refractivity contribution is 0.355. The molecule has 1 atom stereocenters. The van der Waals surface area contributed by atoms with Crippen molar-refractivity contribution >= 4 is 12.2 Å². The fourth-order valence-corrected chi connectivity index (χ4v) is 2.59. The molecule has 1 unspecified atom stereocenters. The fraction of sp³-hybridized carbons (Fsp3) is 0.846. The van der Waals surface area contributed by atoms with Crippen LogP contribution in [0.3, 0.4) is 0 Å². The predicted octanol–water partition coefficient (Wildman–Crippen LogP) is 2.78. The Morgan fingerprint density at radius 3 is 2.35 bits per heavy atom. The van der Waals surface area contributed by atoms with Crippen LogP contribution in [0, 0.1) is 5.92 Å². The zero-order chi connectivity index (χ0) is 12.3. The van der Waals surface area contributed by atoms with Gasteiger partial charge < -0.3 is 0 Å². The van der Waals surface area contributed by atoms with Gasteiger partial charge in [0.05, 0.1) is 12.6 Å². The highest BCUT2D eigenvalue weighted by molar-refractivity contribution is 5.33. The van der Waals surface area contributed by atoms with E-state index in [2.05, 4.69) is 9.98 Å². The number of carbonyl (C=O) groups excluding carboxylic acids is 2. The van der Waals surface area contributed by atoms with Crippen molar-refractivity contribution in [2.75, 3.05) is 6.54 Å². The first kappa shape index (κ1) is 13.8. The SMILES string of the molecule is O=C=NCCCC(N=C=O)C1CCCCCC1. The molecule has 0 aromatic rings. The second kappa shape index (κ2) is 8.86. The van der Waals surface area contributed by atoms with E-state index >= 15 is 0 Å². The van der Waals surface area contributed by atoms with Crippen LogP contribution in [0.1, 0.15) is 51.4 Å². The molecular weight excluding hydrogens is 216 g/mol. The molecule has 0 aromatic carbocycles. The van der Waals surface area contributed by atoms with Crippen LogP contribution in [0.2, 0.25) is 0 Å². The van der Waals surface area contributed by atoms with Gasteiger partial charge in [-0.2, -0.15) is 0 Å². The fourth-order valence-electron chi connectivity index (χ4n) is 2.59. The van der Waals surface area contributed by atoms with Gasteiger partial charge in [-0.1, -0.05) is 25.7 Å². The Morgan fingerprint density at radius 1 is 1.06 bits per heavy atom. The minimum atomic E-state index is 0.0763. The first-order chi connectivity index (χ1) is 8.38. The third-order valence-electron chi connectivity index (χ3n) is 3.50. The summed E-state index contributed by atoms with van der Waals surface area (Å²) in [6.45, 7) is 0.487. The molecule has 1 rings (SSSR count). The molecule has 0 aliphatic heterocycles. The Kier molecular flexibility index (Phi) is 7.20. The average Bonchev–Trinajstić information content (AvgIpc) is 2.62. The predicted molar refractivity (Wildman–Crippen MR) is 65.3 cm³/mol. The molecule has 1 fully saturated rings. The summed E-state index contributed by atoms with van der Waals surface area (Å²) in [5.41, 5.74) is 0. The van der Waals surface area contributed by atoms with Crippen LogP contribution in [0.4, 0.5) is 0 Å². The molecule has 0 aromatic heterocycles. The van der Waals surface area contributed by atoms with E-state index in [4.69, 9.17) is 0 Å². The van der Waals surface area contributed by atoms with Gasteiger partial charge in [-0.25, -0.2) is 19.6 Å². The lowest BCUT2D eigenvalue weighted by Gasteiger charge is -2.20. The Labute approximate surface area is 102 Å². The van der Waals surface area contributed by atoms with E-state index in [1.54, 1.807) is 6.08 Å². The molecule has 0 spiro atoms. The van der Waals surface area contributed by atoms with Crippen LogP contribution < -0.4 is 0 Å². The summed E-state index contributed by atoms with van der Waals surface area (Å²) in [5, 5.41) is 0. The summed E-state index contributed by atoms with van der Waals surface area (Å²) >= 11 is 0. The van der Waals surface area contributed by atoms with Gasteiger partial charge in [0.25, 0.3) is 0 Å². The zero-order valence-electron chi connectivity index (χ0n) is 10.2. The molecule has 0 radical (unpaired) electrons. The van der Waals surface area contributed by atoms with E-state index in [0.29, 0.717) is 12.5 Å². The van der Waals surface area contributed by atoms with Gasteiger partial charge in [0.2, 0.25) is 12.2 Å². The van der Waals surface area contributed by atoms with Gasteiger partial charge in [0.1, 0.15) is 0 Å². The maximum absolute atomic E-state index is 10.5. The van der Waals surface area contributed by atoms with E-state index < -0.39 is 0 Å². The number of hydrogen-bond acceptors (Lipinski definition) is 4. The second-order valence-electron chi connectivity index (χ2n) is 4.65. The van der Waals surface area contributed by atoms with Crippen LogP contribution in [-0.2, 0) is 9.59 Å². The highest BCUT2D eigenvalue weighted by Crippen LogP contribution is 2.28. The van der Waals surface area contributed by atoms with Crippen molar-refractivity contribution in [3.63, 3.8) is 0 Å². The summed E-state index contributed by atoms with van der Waals surface area (Å²) < 4.78 is 0. The van der Waals surface area contributed by atoms with Crippen molar-refractivity contribution in [2.45, 2.75) is 57.4 Å². The van der Waals surface area contributed by atoms with Gasteiger partial charge in [0, 0.05) is 0 Å².